The van der Waals surface area contributed by atoms with Crippen molar-refractivity contribution < 1.29 is 4.79 Å². The highest BCUT2D eigenvalue weighted by atomic mass is 35.5. The molecule has 0 radical (unpaired) electrons. The number of rotatable bonds is 7. The van der Waals surface area contributed by atoms with Crippen LogP contribution in [0.2, 0.25) is 5.02 Å². The SMILES string of the molecule is CCCCc1nnc(S[C@H](C)C(=O)Nc2ccc(C)c(Cl)c2)n1N. The number of nitrogens with zero attached hydrogens (tertiary/aromatic N) is 3. The molecule has 1 heterocycles. The van der Waals surface area contributed by atoms with Crippen LogP contribution in [0.5, 0.6) is 0 Å². The Bertz CT molecular complexity index is 718. The Kier molecular flexibility index (Phi) is 6.51. The lowest BCUT2D eigenvalue weighted by molar-refractivity contribution is -0.115. The molecule has 0 aliphatic rings. The second kappa shape index (κ2) is 8.39. The van der Waals surface area contributed by atoms with E-state index < -0.39 is 0 Å². The van der Waals surface area contributed by atoms with E-state index in [2.05, 4.69) is 22.4 Å². The van der Waals surface area contributed by atoms with Crippen LogP contribution in [0.3, 0.4) is 0 Å². The van der Waals surface area contributed by atoms with Crippen molar-refractivity contribution in [3.8, 4) is 0 Å². The summed E-state index contributed by atoms with van der Waals surface area (Å²) < 4.78 is 1.47. The Morgan fingerprint density at radius 2 is 2.21 bits per heavy atom. The first-order chi connectivity index (χ1) is 11.4. The van der Waals surface area contributed by atoms with E-state index in [1.54, 1.807) is 13.0 Å². The minimum Gasteiger partial charge on any atom is -0.336 e. The molecule has 130 valence electrons. The molecule has 0 spiro atoms. The van der Waals surface area contributed by atoms with Crippen LogP contribution in [0.15, 0.2) is 23.4 Å². The van der Waals surface area contributed by atoms with Crippen molar-refractivity contribution in [3.63, 3.8) is 0 Å². The third-order valence-electron chi connectivity index (χ3n) is 3.58. The number of halogens is 1. The molecular formula is C16H22ClN5OS. The first kappa shape index (κ1) is 18.6. The highest BCUT2D eigenvalue weighted by Crippen LogP contribution is 2.24. The number of nitrogen functional groups attached to an aromatic ring is 1. The molecule has 1 amide bonds. The van der Waals surface area contributed by atoms with Gasteiger partial charge >= 0.3 is 0 Å². The van der Waals surface area contributed by atoms with Gasteiger partial charge in [-0.25, -0.2) is 4.68 Å². The van der Waals surface area contributed by atoms with Crippen LogP contribution in [0, 0.1) is 6.92 Å². The van der Waals surface area contributed by atoms with Gasteiger partial charge in [-0.2, -0.15) is 0 Å². The lowest BCUT2D eigenvalue weighted by atomic mass is 10.2. The van der Waals surface area contributed by atoms with Crippen molar-refractivity contribution in [1.29, 1.82) is 0 Å². The molecule has 0 saturated carbocycles. The Labute approximate surface area is 151 Å². The van der Waals surface area contributed by atoms with Crippen LogP contribution in [-0.4, -0.2) is 26.0 Å². The second-order valence-electron chi connectivity index (χ2n) is 5.59. The van der Waals surface area contributed by atoms with Crippen LogP contribution in [-0.2, 0) is 11.2 Å². The van der Waals surface area contributed by atoms with Gasteiger partial charge in [-0.1, -0.05) is 42.8 Å². The van der Waals surface area contributed by atoms with E-state index in [4.69, 9.17) is 17.4 Å². The van der Waals surface area contributed by atoms with E-state index >= 15 is 0 Å². The van der Waals surface area contributed by atoms with Crippen molar-refractivity contribution >= 4 is 35.0 Å². The molecule has 0 bridgehead atoms. The minimum absolute atomic E-state index is 0.141. The smallest absolute Gasteiger partial charge is 0.237 e. The lowest BCUT2D eigenvalue weighted by Crippen LogP contribution is -2.24. The summed E-state index contributed by atoms with van der Waals surface area (Å²) in [5.74, 6) is 6.60. The van der Waals surface area contributed by atoms with Crippen LogP contribution >= 0.6 is 23.4 Å². The van der Waals surface area contributed by atoms with E-state index in [1.165, 1.54) is 16.4 Å². The largest absolute Gasteiger partial charge is 0.336 e. The summed E-state index contributed by atoms with van der Waals surface area (Å²) in [7, 11) is 0. The molecule has 6 nitrogen and oxygen atoms in total. The molecule has 0 fully saturated rings. The summed E-state index contributed by atoms with van der Waals surface area (Å²) in [6.07, 6.45) is 2.85. The van der Waals surface area contributed by atoms with Crippen molar-refractivity contribution in [2.45, 2.75) is 50.4 Å². The quantitative estimate of drug-likeness (QED) is 0.578. The number of anilines is 1. The lowest BCUT2D eigenvalue weighted by Gasteiger charge is -2.12. The summed E-state index contributed by atoms with van der Waals surface area (Å²) in [4.78, 5) is 12.3. The third kappa shape index (κ3) is 4.64. The number of aryl methyl sites for hydroxylation is 2. The standard InChI is InChI=1S/C16H22ClN5OS/c1-4-5-6-14-20-21-16(22(14)18)24-11(3)15(23)19-12-8-7-10(2)13(17)9-12/h7-9,11H,4-6,18H2,1-3H3,(H,19,23)/t11-/m1/s1. The molecule has 2 rings (SSSR count). The average Bonchev–Trinajstić information content (AvgIpc) is 2.89. The third-order valence-corrected chi connectivity index (χ3v) is 5.04. The van der Waals surface area contributed by atoms with E-state index in [9.17, 15) is 4.79 Å². The highest BCUT2D eigenvalue weighted by Gasteiger charge is 2.19. The predicted molar refractivity (Wildman–Crippen MR) is 98.9 cm³/mol. The first-order valence-electron chi connectivity index (χ1n) is 7.85. The van der Waals surface area contributed by atoms with Gasteiger partial charge < -0.3 is 11.2 Å². The number of unbranched alkanes of at least 4 members (excludes halogenated alkanes) is 1. The van der Waals surface area contributed by atoms with Gasteiger partial charge in [-0.15, -0.1) is 10.2 Å². The summed E-state index contributed by atoms with van der Waals surface area (Å²) in [6, 6.07) is 5.43. The average molecular weight is 368 g/mol. The molecule has 0 unspecified atom stereocenters. The van der Waals surface area contributed by atoms with Crippen LogP contribution in [0.1, 0.15) is 38.1 Å². The van der Waals surface area contributed by atoms with Gasteiger partial charge in [-0.05, 0) is 38.0 Å². The molecule has 0 aliphatic carbocycles. The molecule has 1 aromatic carbocycles. The monoisotopic (exact) mass is 367 g/mol. The summed E-state index contributed by atoms with van der Waals surface area (Å²) in [5.41, 5.74) is 1.63. The zero-order valence-electron chi connectivity index (χ0n) is 14.0. The molecular weight excluding hydrogens is 346 g/mol. The number of benzene rings is 1. The maximum atomic E-state index is 12.3. The van der Waals surface area contributed by atoms with Crippen molar-refractivity contribution in [2.24, 2.45) is 0 Å². The van der Waals surface area contributed by atoms with Gasteiger partial charge in [0.25, 0.3) is 0 Å². The van der Waals surface area contributed by atoms with Gasteiger partial charge in [0, 0.05) is 17.1 Å². The number of hydrogen-bond donors (Lipinski definition) is 2. The Morgan fingerprint density at radius 3 is 2.88 bits per heavy atom. The van der Waals surface area contributed by atoms with E-state index in [1.807, 2.05) is 19.1 Å². The second-order valence-corrected chi connectivity index (χ2v) is 7.30. The molecule has 0 saturated heterocycles. The molecule has 8 heteroatoms. The number of amides is 1. The van der Waals surface area contributed by atoms with Crippen molar-refractivity contribution in [2.75, 3.05) is 11.2 Å². The Morgan fingerprint density at radius 1 is 1.46 bits per heavy atom. The van der Waals surface area contributed by atoms with Gasteiger partial charge in [0.1, 0.15) is 0 Å². The molecule has 0 aliphatic heterocycles. The maximum Gasteiger partial charge on any atom is 0.237 e. The first-order valence-corrected chi connectivity index (χ1v) is 9.11. The van der Waals surface area contributed by atoms with Crippen molar-refractivity contribution in [1.82, 2.24) is 14.9 Å². The van der Waals surface area contributed by atoms with E-state index in [0.29, 0.717) is 15.9 Å². The predicted octanol–water partition coefficient (Wildman–Crippen LogP) is 3.42. The Balaban J connectivity index is 1.98. The highest BCUT2D eigenvalue weighted by molar-refractivity contribution is 8.00. The van der Waals surface area contributed by atoms with Gasteiger partial charge in [-0.3, -0.25) is 4.79 Å². The summed E-state index contributed by atoms with van der Waals surface area (Å²) >= 11 is 7.36. The fourth-order valence-corrected chi connectivity index (χ4v) is 2.99. The fourth-order valence-electron chi connectivity index (χ4n) is 2.02. The van der Waals surface area contributed by atoms with E-state index in [-0.39, 0.29) is 11.2 Å². The van der Waals surface area contributed by atoms with Crippen LogP contribution in [0.4, 0.5) is 5.69 Å². The van der Waals surface area contributed by atoms with Gasteiger partial charge in [0.05, 0.1) is 5.25 Å². The Hall–Kier alpha value is -1.73. The maximum absolute atomic E-state index is 12.3. The number of nitrogens with two attached hydrogens (primary N) is 1. The van der Waals surface area contributed by atoms with Crippen LogP contribution < -0.4 is 11.2 Å². The topological polar surface area (TPSA) is 85.8 Å². The minimum atomic E-state index is -0.365. The zero-order valence-corrected chi connectivity index (χ0v) is 15.6. The molecule has 3 N–H and O–H groups in total. The zero-order chi connectivity index (χ0) is 17.7. The van der Waals surface area contributed by atoms with Crippen molar-refractivity contribution in [3.05, 3.63) is 34.6 Å². The number of aromatic nitrogens is 3. The number of nitrogens with one attached hydrogen (secondary N) is 1. The molecule has 2 aromatic rings. The molecule has 1 aromatic heterocycles. The summed E-state index contributed by atoms with van der Waals surface area (Å²) in [5, 5.41) is 11.8. The van der Waals surface area contributed by atoms with Crippen LogP contribution in [0.25, 0.3) is 0 Å². The number of carbonyl (C=O) groups excluding carboxylic acids is 1. The summed E-state index contributed by atoms with van der Waals surface area (Å²) in [6.45, 7) is 5.82. The molecule has 1 atom stereocenters. The van der Waals surface area contributed by atoms with Gasteiger partial charge in [0.2, 0.25) is 11.1 Å². The fraction of sp³-hybridized carbons (Fsp3) is 0.438. The number of hydrogen-bond acceptors (Lipinski definition) is 5. The van der Waals surface area contributed by atoms with Gasteiger partial charge in [0.15, 0.2) is 5.82 Å². The number of thioether (sulfide) groups is 1. The number of carbonyl (C=O) groups is 1. The molecule has 24 heavy (non-hydrogen) atoms. The normalized spacial score (nSPS) is 12.2. The van der Waals surface area contributed by atoms with E-state index in [0.717, 1.165) is 30.7 Å².